The van der Waals surface area contributed by atoms with Crippen molar-refractivity contribution in [3.63, 3.8) is 0 Å². The molecule has 3 aliphatic heterocycles. The van der Waals surface area contributed by atoms with E-state index in [1.165, 1.54) is 12.8 Å². The Kier molecular flexibility index (Phi) is 3.69. The molecule has 4 nitrogen and oxygen atoms in total. The fourth-order valence-electron chi connectivity index (χ4n) is 3.49. The summed E-state index contributed by atoms with van der Waals surface area (Å²) in [6, 6.07) is 4.47. The van der Waals surface area contributed by atoms with E-state index in [4.69, 9.17) is 25.8 Å². The van der Waals surface area contributed by atoms with Crippen LogP contribution in [-0.4, -0.2) is 31.5 Å². The van der Waals surface area contributed by atoms with Crippen LogP contribution in [-0.2, 0) is 11.3 Å². The summed E-state index contributed by atoms with van der Waals surface area (Å²) in [6.45, 7) is 2.13. The summed E-state index contributed by atoms with van der Waals surface area (Å²) in [6.07, 6.45) is 5.29. The number of rotatable bonds is 3. The van der Waals surface area contributed by atoms with Crippen LogP contribution in [0.3, 0.4) is 0 Å². The molecule has 0 aliphatic carbocycles. The maximum atomic E-state index is 6.32. The number of benzene rings is 1. The number of hydrogen-bond acceptors (Lipinski definition) is 4. The van der Waals surface area contributed by atoms with Gasteiger partial charge in [0, 0.05) is 19.0 Å². The average Bonchev–Trinajstić information content (AvgIpc) is 3.01. The van der Waals surface area contributed by atoms with Crippen LogP contribution in [0.25, 0.3) is 0 Å². The first kappa shape index (κ1) is 13.7. The predicted molar refractivity (Wildman–Crippen MR) is 80.2 cm³/mol. The zero-order valence-corrected chi connectivity index (χ0v) is 12.7. The molecule has 2 bridgehead atoms. The van der Waals surface area contributed by atoms with Gasteiger partial charge in [0.15, 0.2) is 11.5 Å². The van der Waals surface area contributed by atoms with Crippen LogP contribution in [0.5, 0.6) is 11.5 Å². The van der Waals surface area contributed by atoms with Crippen molar-refractivity contribution < 1.29 is 14.2 Å². The Morgan fingerprint density at radius 2 is 2.10 bits per heavy atom. The van der Waals surface area contributed by atoms with Crippen molar-refractivity contribution in [3.8, 4) is 11.5 Å². The van der Waals surface area contributed by atoms with E-state index in [1.807, 2.05) is 12.1 Å². The number of halogens is 1. The minimum atomic E-state index is 0.394. The second-order valence-corrected chi connectivity index (χ2v) is 6.46. The van der Waals surface area contributed by atoms with Gasteiger partial charge in [0.25, 0.3) is 0 Å². The lowest BCUT2D eigenvalue weighted by Crippen LogP contribution is -2.36. The van der Waals surface area contributed by atoms with Crippen molar-refractivity contribution in [1.29, 1.82) is 0 Å². The van der Waals surface area contributed by atoms with Gasteiger partial charge < -0.3 is 19.5 Å². The first-order chi connectivity index (χ1) is 10.3. The quantitative estimate of drug-likeness (QED) is 0.932. The highest BCUT2D eigenvalue weighted by Crippen LogP contribution is 2.38. The Bertz CT molecular complexity index is 536. The van der Waals surface area contributed by atoms with Gasteiger partial charge >= 0.3 is 0 Å². The molecule has 3 unspecified atom stereocenters. The van der Waals surface area contributed by atoms with Crippen molar-refractivity contribution >= 4 is 11.6 Å². The van der Waals surface area contributed by atoms with E-state index in [2.05, 4.69) is 5.32 Å². The Labute approximate surface area is 129 Å². The van der Waals surface area contributed by atoms with Crippen LogP contribution in [0, 0.1) is 0 Å². The first-order valence-corrected chi connectivity index (χ1v) is 8.14. The number of nitrogens with one attached hydrogen (secondary N) is 1. The molecule has 3 atom stereocenters. The van der Waals surface area contributed by atoms with Gasteiger partial charge in [-0.05, 0) is 37.0 Å². The molecular formula is C16H20ClNO3. The molecule has 1 aromatic carbocycles. The molecule has 1 aromatic rings. The zero-order chi connectivity index (χ0) is 14.2. The van der Waals surface area contributed by atoms with Gasteiger partial charge in [-0.3, -0.25) is 0 Å². The molecule has 5 heteroatoms. The fourth-order valence-corrected chi connectivity index (χ4v) is 3.78. The number of fused-ring (bicyclic) bond motifs is 3. The molecule has 2 saturated heterocycles. The second-order valence-electron chi connectivity index (χ2n) is 6.05. The summed E-state index contributed by atoms with van der Waals surface area (Å²) in [5.41, 5.74) is 1.13. The summed E-state index contributed by atoms with van der Waals surface area (Å²) >= 11 is 6.32. The number of hydrogen-bond donors (Lipinski definition) is 1. The Morgan fingerprint density at radius 3 is 2.90 bits per heavy atom. The fraction of sp³-hybridized carbons (Fsp3) is 0.625. The van der Waals surface area contributed by atoms with Crippen LogP contribution >= 0.6 is 11.6 Å². The van der Waals surface area contributed by atoms with Crippen molar-refractivity contribution in [3.05, 3.63) is 22.7 Å². The van der Waals surface area contributed by atoms with Gasteiger partial charge in [-0.25, -0.2) is 0 Å². The lowest BCUT2D eigenvalue weighted by Gasteiger charge is -2.20. The maximum absolute atomic E-state index is 6.32. The second kappa shape index (κ2) is 5.67. The Balaban J connectivity index is 1.45. The van der Waals surface area contributed by atoms with E-state index in [0.717, 1.165) is 30.7 Å². The SMILES string of the molecule is Clc1cc(CNC2CC3CCC2O3)cc2c1OCCCO2. The highest BCUT2D eigenvalue weighted by atomic mass is 35.5. The lowest BCUT2D eigenvalue weighted by molar-refractivity contribution is 0.0973. The van der Waals surface area contributed by atoms with Gasteiger partial charge in [-0.1, -0.05) is 11.6 Å². The summed E-state index contributed by atoms with van der Waals surface area (Å²) in [4.78, 5) is 0. The summed E-state index contributed by atoms with van der Waals surface area (Å²) in [5.74, 6) is 1.45. The molecule has 0 spiro atoms. The largest absolute Gasteiger partial charge is 0.489 e. The Hall–Kier alpha value is -0.970. The third-order valence-electron chi connectivity index (χ3n) is 4.54. The average molecular weight is 310 g/mol. The van der Waals surface area contributed by atoms with E-state index in [1.54, 1.807) is 0 Å². The first-order valence-electron chi connectivity index (χ1n) is 7.76. The highest BCUT2D eigenvalue weighted by Gasteiger charge is 2.40. The summed E-state index contributed by atoms with van der Waals surface area (Å²) < 4.78 is 17.3. The van der Waals surface area contributed by atoms with E-state index in [9.17, 15) is 0 Å². The topological polar surface area (TPSA) is 39.7 Å². The normalized spacial score (nSPS) is 30.4. The molecule has 1 N–H and O–H groups in total. The molecule has 3 aliphatic rings. The zero-order valence-electron chi connectivity index (χ0n) is 11.9. The van der Waals surface area contributed by atoms with Gasteiger partial charge in [-0.15, -0.1) is 0 Å². The van der Waals surface area contributed by atoms with Crippen LogP contribution in [0.4, 0.5) is 0 Å². The van der Waals surface area contributed by atoms with E-state index >= 15 is 0 Å². The van der Waals surface area contributed by atoms with E-state index in [0.29, 0.717) is 42.2 Å². The van der Waals surface area contributed by atoms with Crippen molar-refractivity contribution in [1.82, 2.24) is 5.32 Å². The predicted octanol–water partition coefficient (Wildman–Crippen LogP) is 2.91. The summed E-state index contributed by atoms with van der Waals surface area (Å²) in [7, 11) is 0. The van der Waals surface area contributed by atoms with Gasteiger partial charge in [-0.2, -0.15) is 0 Å². The van der Waals surface area contributed by atoms with Gasteiger partial charge in [0.05, 0.1) is 30.4 Å². The van der Waals surface area contributed by atoms with Crippen molar-refractivity contribution in [2.24, 2.45) is 0 Å². The third-order valence-corrected chi connectivity index (χ3v) is 4.82. The standard InChI is InChI=1S/C16H20ClNO3/c17-12-6-10(7-15-16(12)20-5-1-4-19-15)9-18-13-8-11-2-3-14(13)21-11/h6-7,11,13-14,18H,1-5,8-9H2. The molecule has 0 saturated carbocycles. The van der Waals surface area contributed by atoms with Crippen LogP contribution in [0.2, 0.25) is 5.02 Å². The third kappa shape index (κ3) is 2.72. The molecule has 3 heterocycles. The summed E-state index contributed by atoms with van der Waals surface area (Å²) in [5, 5.41) is 4.23. The van der Waals surface area contributed by atoms with Gasteiger partial charge in [0.1, 0.15) is 0 Å². The maximum Gasteiger partial charge on any atom is 0.179 e. The monoisotopic (exact) mass is 309 g/mol. The van der Waals surface area contributed by atoms with Crippen LogP contribution < -0.4 is 14.8 Å². The Morgan fingerprint density at radius 1 is 1.19 bits per heavy atom. The molecule has 0 aromatic heterocycles. The molecule has 4 rings (SSSR count). The smallest absolute Gasteiger partial charge is 0.179 e. The molecule has 114 valence electrons. The van der Waals surface area contributed by atoms with Crippen molar-refractivity contribution in [2.45, 2.75) is 50.5 Å². The molecule has 2 fully saturated rings. The van der Waals surface area contributed by atoms with E-state index in [-0.39, 0.29) is 0 Å². The van der Waals surface area contributed by atoms with Crippen molar-refractivity contribution in [2.75, 3.05) is 13.2 Å². The molecule has 21 heavy (non-hydrogen) atoms. The highest BCUT2D eigenvalue weighted by molar-refractivity contribution is 6.32. The minimum absolute atomic E-state index is 0.394. The van der Waals surface area contributed by atoms with Crippen LogP contribution in [0.1, 0.15) is 31.2 Å². The molecular weight excluding hydrogens is 290 g/mol. The van der Waals surface area contributed by atoms with Gasteiger partial charge in [0.2, 0.25) is 0 Å². The van der Waals surface area contributed by atoms with E-state index < -0.39 is 0 Å². The number of ether oxygens (including phenoxy) is 3. The molecule has 0 amide bonds. The molecule has 0 radical (unpaired) electrons. The lowest BCUT2D eigenvalue weighted by atomic mass is 9.95. The van der Waals surface area contributed by atoms with Crippen LogP contribution in [0.15, 0.2) is 12.1 Å². The minimum Gasteiger partial charge on any atom is -0.489 e.